The zero-order valence-electron chi connectivity index (χ0n) is 9.06. The maximum Gasteiger partial charge on any atom is 0.273 e. The van der Waals surface area contributed by atoms with E-state index in [2.05, 4.69) is 0 Å². The predicted molar refractivity (Wildman–Crippen MR) is 77.4 cm³/mol. The predicted octanol–water partition coefficient (Wildman–Crippen LogP) is 4.36. The smallest absolute Gasteiger partial charge is 0.267 e. The summed E-state index contributed by atoms with van der Waals surface area (Å²) in [7, 11) is 0. The van der Waals surface area contributed by atoms with Crippen molar-refractivity contribution in [1.29, 1.82) is 0 Å². The molecule has 0 amide bonds. The van der Waals surface area contributed by atoms with Gasteiger partial charge in [-0.15, -0.1) is 0 Å². The molecular weight excluding hydrogens is 289 g/mol. The van der Waals surface area contributed by atoms with Crippen LogP contribution in [0, 0.1) is 0 Å². The van der Waals surface area contributed by atoms with Gasteiger partial charge in [-0.05, 0) is 42.5 Å². The second-order valence-electron chi connectivity index (χ2n) is 3.81. The van der Waals surface area contributed by atoms with Crippen molar-refractivity contribution in [2.45, 2.75) is 0 Å². The molecule has 5 heteroatoms. The van der Waals surface area contributed by atoms with Crippen molar-refractivity contribution in [2.75, 3.05) is 0 Å². The van der Waals surface area contributed by atoms with E-state index in [0.29, 0.717) is 15.4 Å². The maximum atomic E-state index is 12.2. The lowest BCUT2D eigenvalue weighted by atomic mass is 10.3. The molecular formula is C13H7Cl2NOS. The standard InChI is InChI=1S/C13H7Cl2NOS/c14-8-1-4-10(5-2-8)16-13(17)11-6-3-9(15)7-12(11)18-16/h1-7H. The molecule has 3 rings (SSSR count). The highest BCUT2D eigenvalue weighted by Gasteiger charge is 2.09. The highest BCUT2D eigenvalue weighted by Crippen LogP contribution is 2.24. The van der Waals surface area contributed by atoms with Crippen LogP contribution in [0.2, 0.25) is 10.0 Å². The van der Waals surface area contributed by atoms with Crippen molar-refractivity contribution in [1.82, 2.24) is 3.96 Å². The summed E-state index contributed by atoms with van der Waals surface area (Å²) in [4.78, 5) is 12.2. The van der Waals surface area contributed by atoms with E-state index in [1.54, 1.807) is 34.3 Å². The second kappa shape index (κ2) is 4.43. The molecule has 2 nitrogen and oxygen atoms in total. The number of nitrogens with zero attached hydrogens (tertiary/aromatic N) is 1. The van der Waals surface area contributed by atoms with E-state index in [9.17, 15) is 4.79 Å². The van der Waals surface area contributed by atoms with Crippen molar-refractivity contribution < 1.29 is 0 Å². The van der Waals surface area contributed by atoms with Gasteiger partial charge in [0, 0.05) is 10.0 Å². The van der Waals surface area contributed by atoms with E-state index in [1.807, 2.05) is 12.1 Å². The SMILES string of the molecule is O=c1c2ccc(Cl)cc2sn1-c1ccc(Cl)cc1. The Morgan fingerprint density at radius 2 is 1.61 bits per heavy atom. The van der Waals surface area contributed by atoms with Crippen LogP contribution in [0.1, 0.15) is 0 Å². The molecule has 1 aromatic heterocycles. The van der Waals surface area contributed by atoms with E-state index in [0.717, 1.165) is 10.4 Å². The zero-order chi connectivity index (χ0) is 12.7. The molecule has 0 fully saturated rings. The first kappa shape index (κ1) is 11.8. The van der Waals surface area contributed by atoms with Crippen LogP contribution >= 0.6 is 34.7 Å². The molecule has 3 aromatic rings. The van der Waals surface area contributed by atoms with E-state index < -0.39 is 0 Å². The second-order valence-corrected chi connectivity index (χ2v) is 5.67. The van der Waals surface area contributed by atoms with Crippen molar-refractivity contribution in [3.8, 4) is 5.69 Å². The van der Waals surface area contributed by atoms with Gasteiger partial charge >= 0.3 is 0 Å². The van der Waals surface area contributed by atoms with Gasteiger partial charge in [-0.1, -0.05) is 34.7 Å². The van der Waals surface area contributed by atoms with Gasteiger partial charge in [0.25, 0.3) is 5.56 Å². The van der Waals surface area contributed by atoms with E-state index in [1.165, 1.54) is 11.5 Å². The minimum atomic E-state index is -0.0333. The Labute approximate surface area is 117 Å². The Morgan fingerprint density at radius 1 is 0.944 bits per heavy atom. The average Bonchev–Trinajstić information content (AvgIpc) is 2.67. The number of benzene rings is 2. The Kier molecular flexibility index (Phi) is 2.90. The fraction of sp³-hybridized carbons (Fsp3) is 0. The molecule has 0 spiro atoms. The number of hydrogen-bond donors (Lipinski definition) is 0. The molecule has 0 aliphatic heterocycles. The van der Waals surface area contributed by atoms with Gasteiger partial charge in [0.05, 0.1) is 15.8 Å². The molecule has 0 saturated carbocycles. The third-order valence-corrected chi connectivity index (χ3v) is 4.19. The van der Waals surface area contributed by atoms with Crippen LogP contribution in [0.25, 0.3) is 15.8 Å². The van der Waals surface area contributed by atoms with Gasteiger partial charge in [-0.2, -0.15) is 0 Å². The van der Waals surface area contributed by atoms with Crippen LogP contribution in [0.3, 0.4) is 0 Å². The Balaban J connectivity index is 2.27. The van der Waals surface area contributed by atoms with Gasteiger partial charge in [0.2, 0.25) is 0 Å². The molecule has 0 saturated heterocycles. The van der Waals surface area contributed by atoms with Gasteiger partial charge in [0.1, 0.15) is 0 Å². The summed E-state index contributed by atoms with van der Waals surface area (Å²) in [5, 5.41) is 1.96. The molecule has 1 heterocycles. The summed E-state index contributed by atoms with van der Waals surface area (Å²) in [6, 6.07) is 12.4. The average molecular weight is 296 g/mol. The molecule has 18 heavy (non-hydrogen) atoms. The Hall–Kier alpha value is -1.29. The van der Waals surface area contributed by atoms with Gasteiger partial charge in [0.15, 0.2) is 0 Å². The van der Waals surface area contributed by atoms with Crippen molar-refractivity contribution >= 4 is 44.8 Å². The minimum Gasteiger partial charge on any atom is -0.267 e. The Bertz CT molecular complexity index is 774. The van der Waals surface area contributed by atoms with E-state index in [-0.39, 0.29) is 5.56 Å². The fourth-order valence-electron chi connectivity index (χ4n) is 1.74. The van der Waals surface area contributed by atoms with Crippen LogP contribution in [0.5, 0.6) is 0 Å². The van der Waals surface area contributed by atoms with Crippen molar-refractivity contribution in [3.63, 3.8) is 0 Å². The molecule has 90 valence electrons. The van der Waals surface area contributed by atoms with Crippen LogP contribution in [-0.4, -0.2) is 3.96 Å². The monoisotopic (exact) mass is 295 g/mol. The molecule has 0 aliphatic rings. The molecule has 0 radical (unpaired) electrons. The number of aromatic nitrogens is 1. The molecule has 0 atom stereocenters. The summed E-state index contributed by atoms with van der Waals surface area (Å²) in [6.07, 6.45) is 0. The van der Waals surface area contributed by atoms with Crippen LogP contribution < -0.4 is 5.56 Å². The van der Waals surface area contributed by atoms with Gasteiger partial charge < -0.3 is 0 Å². The lowest BCUT2D eigenvalue weighted by molar-refractivity contribution is 1.14. The van der Waals surface area contributed by atoms with Crippen LogP contribution in [0.15, 0.2) is 47.3 Å². The molecule has 0 bridgehead atoms. The summed E-state index contributed by atoms with van der Waals surface area (Å²) >= 11 is 13.1. The fourth-order valence-corrected chi connectivity index (χ4v) is 3.15. The maximum absolute atomic E-state index is 12.2. The summed E-state index contributed by atoms with van der Waals surface area (Å²) < 4.78 is 2.51. The third-order valence-electron chi connectivity index (χ3n) is 2.61. The number of fused-ring (bicyclic) bond motifs is 1. The molecule has 0 unspecified atom stereocenters. The zero-order valence-corrected chi connectivity index (χ0v) is 11.4. The van der Waals surface area contributed by atoms with Gasteiger partial charge in [-0.3, -0.25) is 4.79 Å². The third kappa shape index (κ3) is 1.94. The lowest BCUT2D eigenvalue weighted by Crippen LogP contribution is -2.10. The van der Waals surface area contributed by atoms with Crippen LogP contribution in [-0.2, 0) is 0 Å². The van der Waals surface area contributed by atoms with Crippen molar-refractivity contribution in [2.24, 2.45) is 0 Å². The van der Waals surface area contributed by atoms with E-state index in [4.69, 9.17) is 23.2 Å². The van der Waals surface area contributed by atoms with E-state index >= 15 is 0 Å². The minimum absolute atomic E-state index is 0.0333. The topological polar surface area (TPSA) is 22.0 Å². The first-order valence-electron chi connectivity index (χ1n) is 5.23. The largest absolute Gasteiger partial charge is 0.273 e. The van der Waals surface area contributed by atoms with Crippen molar-refractivity contribution in [3.05, 3.63) is 62.9 Å². The Morgan fingerprint density at radius 3 is 2.33 bits per heavy atom. The summed E-state index contributed by atoms with van der Waals surface area (Å²) in [5.41, 5.74) is 0.774. The first-order valence-corrected chi connectivity index (χ1v) is 6.75. The quantitative estimate of drug-likeness (QED) is 0.654. The number of halogens is 2. The molecule has 2 aromatic carbocycles. The number of hydrogen-bond acceptors (Lipinski definition) is 2. The van der Waals surface area contributed by atoms with Crippen LogP contribution in [0.4, 0.5) is 0 Å². The first-order chi connectivity index (χ1) is 8.65. The molecule has 0 N–H and O–H groups in total. The molecule has 0 aliphatic carbocycles. The van der Waals surface area contributed by atoms with Gasteiger partial charge in [-0.25, -0.2) is 3.96 Å². The summed E-state index contributed by atoms with van der Waals surface area (Å²) in [5.74, 6) is 0. The highest BCUT2D eigenvalue weighted by atomic mass is 35.5. The lowest BCUT2D eigenvalue weighted by Gasteiger charge is -1.99. The summed E-state index contributed by atoms with van der Waals surface area (Å²) in [6.45, 7) is 0. The number of rotatable bonds is 1. The normalized spacial score (nSPS) is 11.0. The highest BCUT2D eigenvalue weighted by molar-refractivity contribution is 7.14.